The van der Waals surface area contributed by atoms with Crippen LogP contribution in [0.4, 0.5) is 5.69 Å². The smallest absolute Gasteiger partial charge is 0.324 e. The maximum Gasteiger partial charge on any atom is 0.363 e. The number of amides is 3. The van der Waals surface area contributed by atoms with Gasteiger partial charge >= 0.3 is 5.97 Å². The Balaban J connectivity index is 1.49. The number of carbonyl (C=O) groups is 4. The summed E-state index contributed by atoms with van der Waals surface area (Å²) in [7, 11) is 0. The molecule has 0 radical (unpaired) electrons. The van der Waals surface area contributed by atoms with E-state index in [4.69, 9.17) is 4.84 Å². The molecule has 0 saturated carbocycles. The highest BCUT2D eigenvalue weighted by molar-refractivity contribution is 7.12. The summed E-state index contributed by atoms with van der Waals surface area (Å²) in [6.45, 7) is 1.73. The van der Waals surface area contributed by atoms with Gasteiger partial charge in [-0.05, 0) is 54.3 Å². The molecule has 0 saturated heterocycles. The van der Waals surface area contributed by atoms with Crippen molar-refractivity contribution < 1.29 is 24.0 Å². The lowest BCUT2D eigenvalue weighted by Crippen LogP contribution is -2.32. The zero-order chi connectivity index (χ0) is 20.5. The molecule has 0 spiro atoms. The van der Waals surface area contributed by atoms with Crippen molar-refractivity contribution in [2.45, 2.75) is 6.92 Å². The van der Waals surface area contributed by atoms with Crippen molar-refractivity contribution in [1.82, 2.24) is 5.06 Å². The largest absolute Gasteiger partial charge is 0.363 e. The highest BCUT2D eigenvalue weighted by Gasteiger charge is 2.38. The van der Waals surface area contributed by atoms with Crippen LogP contribution in [-0.2, 0) is 4.84 Å². The molecule has 0 fully saturated rings. The third-order valence-corrected chi connectivity index (χ3v) is 5.25. The first kappa shape index (κ1) is 18.6. The van der Waals surface area contributed by atoms with Crippen LogP contribution in [0.15, 0.2) is 60.0 Å². The topological polar surface area (TPSA) is 92.8 Å². The van der Waals surface area contributed by atoms with Gasteiger partial charge in [0.05, 0.1) is 21.6 Å². The summed E-state index contributed by atoms with van der Waals surface area (Å²) in [6.07, 6.45) is 0. The van der Waals surface area contributed by atoms with E-state index in [1.165, 1.54) is 35.6 Å². The van der Waals surface area contributed by atoms with Gasteiger partial charge in [0.2, 0.25) is 0 Å². The maximum absolute atomic E-state index is 12.5. The third kappa shape index (κ3) is 3.41. The number of anilines is 1. The number of benzene rings is 2. The molecule has 0 atom stereocenters. The Morgan fingerprint density at radius 3 is 2.24 bits per heavy atom. The van der Waals surface area contributed by atoms with E-state index in [1.54, 1.807) is 42.6 Å². The van der Waals surface area contributed by atoms with Gasteiger partial charge < -0.3 is 10.2 Å². The van der Waals surface area contributed by atoms with E-state index in [0.29, 0.717) is 21.2 Å². The van der Waals surface area contributed by atoms with Crippen molar-refractivity contribution >= 4 is 40.7 Å². The lowest BCUT2D eigenvalue weighted by Gasteiger charge is -2.14. The summed E-state index contributed by atoms with van der Waals surface area (Å²) in [5.74, 6) is -2.46. The van der Waals surface area contributed by atoms with Crippen molar-refractivity contribution in [3.05, 3.63) is 87.1 Å². The van der Waals surface area contributed by atoms with Gasteiger partial charge in [-0.25, -0.2) is 4.79 Å². The minimum atomic E-state index is -0.848. The van der Waals surface area contributed by atoms with Crippen LogP contribution in [0.25, 0.3) is 0 Å². The molecule has 1 aliphatic heterocycles. The van der Waals surface area contributed by atoms with Crippen molar-refractivity contribution in [3.8, 4) is 0 Å². The fourth-order valence-electron chi connectivity index (χ4n) is 2.91. The predicted molar refractivity (Wildman–Crippen MR) is 106 cm³/mol. The molecular formula is C21H14N2O5S. The molecule has 144 valence electrons. The molecule has 4 rings (SSSR count). The Labute approximate surface area is 169 Å². The minimum absolute atomic E-state index is 0.146. The second-order valence-corrected chi connectivity index (χ2v) is 7.24. The standard InChI is InChI=1S/C21H14N2O5S/c1-12-11-13(8-9-16(12)22-18(24)17-7-4-10-29-17)21(27)28-23-19(25)14-5-2-3-6-15(14)20(23)26/h2-11H,1H3,(H,22,24). The molecule has 0 unspecified atom stereocenters. The van der Waals surface area contributed by atoms with Crippen LogP contribution in [0, 0.1) is 6.92 Å². The molecule has 0 aliphatic carbocycles. The van der Waals surface area contributed by atoms with E-state index in [2.05, 4.69) is 5.32 Å². The summed E-state index contributed by atoms with van der Waals surface area (Å²) in [6, 6.07) is 14.3. The number of fused-ring (bicyclic) bond motifs is 1. The van der Waals surface area contributed by atoms with Gasteiger partial charge in [0.1, 0.15) is 0 Å². The molecular weight excluding hydrogens is 392 g/mol. The van der Waals surface area contributed by atoms with Gasteiger partial charge in [-0.2, -0.15) is 0 Å². The number of carbonyl (C=O) groups excluding carboxylic acids is 4. The normalized spacial score (nSPS) is 12.7. The van der Waals surface area contributed by atoms with Crippen LogP contribution < -0.4 is 5.32 Å². The molecule has 7 nitrogen and oxygen atoms in total. The first-order valence-electron chi connectivity index (χ1n) is 8.61. The van der Waals surface area contributed by atoms with Gasteiger partial charge in [-0.3, -0.25) is 14.4 Å². The maximum atomic E-state index is 12.5. The summed E-state index contributed by atoms with van der Waals surface area (Å²) < 4.78 is 0. The number of aryl methyl sites for hydroxylation is 1. The van der Waals surface area contributed by atoms with Crippen molar-refractivity contribution in [2.24, 2.45) is 0 Å². The average Bonchev–Trinajstić information content (AvgIpc) is 3.34. The molecule has 1 aromatic heterocycles. The Morgan fingerprint density at radius 2 is 1.66 bits per heavy atom. The number of hydroxylamine groups is 2. The molecule has 2 aromatic carbocycles. The first-order valence-corrected chi connectivity index (χ1v) is 9.49. The molecule has 29 heavy (non-hydrogen) atoms. The molecule has 8 heteroatoms. The summed E-state index contributed by atoms with van der Waals surface area (Å²) >= 11 is 1.32. The quantitative estimate of drug-likeness (QED) is 0.667. The molecule has 0 bridgehead atoms. The Kier molecular flexibility index (Phi) is 4.69. The van der Waals surface area contributed by atoms with E-state index in [9.17, 15) is 19.2 Å². The van der Waals surface area contributed by atoms with Gasteiger partial charge in [0.15, 0.2) is 0 Å². The van der Waals surface area contributed by atoms with Crippen LogP contribution in [0.5, 0.6) is 0 Å². The van der Waals surface area contributed by atoms with E-state index < -0.39 is 17.8 Å². The molecule has 3 amide bonds. The number of imide groups is 1. The fraction of sp³-hybridized carbons (Fsp3) is 0.0476. The molecule has 3 aromatic rings. The predicted octanol–water partition coefficient (Wildman–Crippen LogP) is 3.68. The number of nitrogens with zero attached hydrogens (tertiary/aromatic N) is 1. The summed E-state index contributed by atoms with van der Waals surface area (Å²) in [5, 5.41) is 5.05. The lowest BCUT2D eigenvalue weighted by molar-refractivity contribution is -0.0584. The average molecular weight is 406 g/mol. The fourth-order valence-corrected chi connectivity index (χ4v) is 3.53. The highest BCUT2D eigenvalue weighted by atomic mass is 32.1. The molecule has 1 aliphatic rings. The van der Waals surface area contributed by atoms with Crippen LogP contribution >= 0.6 is 11.3 Å². The summed E-state index contributed by atoms with van der Waals surface area (Å²) in [5.41, 5.74) is 1.70. The van der Waals surface area contributed by atoms with Crippen molar-refractivity contribution in [1.29, 1.82) is 0 Å². The monoisotopic (exact) mass is 406 g/mol. The van der Waals surface area contributed by atoms with Crippen LogP contribution in [0.2, 0.25) is 0 Å². The third-order valence-electron chi connectivity index (χ3n) is 4.39. The van der Waals surface area contributed by atoms with E-state index in [0.717, 1.165) is 0 Å². The Hall–Kier alpha value is -3.78. The second-order valence-electron chi connectivity index (χ2n) is 6.29. The molecule has 1 N–H and O–H groups in total. The van der Waals surface area contributed by atoms with Gasteiger partial charge in [-0.15, -0.1) is 11.3 Å². The van der Waals surface area contributed by atoms with Crippen LogP contribution in [0.3, 0.4) is 0 Å². The van der Waals surface area contributed by atoms with Crippen LogP contribution in [-0.4, -0.2) is 28.8 Å². The van der Waals surface area contributed by atoms with Gasteiger partial charge in [0.25, 0.3) is 17.7 Å². The van der Waals surface area contributed by atoms with Crippen molar-refractivity contribution in [3.63, 3.8) is 0 Å². The van der Waals surface area contributed by atoms with E-state index in [-0.39, 0.29) is 22.6 Å². The number of hydrogen-bond donors (Lipinski definition) is 1. The zero-order valence-electron chi connectivity index (χ0n) is 15.2. The summed E-state index contributed by atoms with van der Waals surface area (Å²) in [4.78, 5) is 54.9. The van der Waals surface area contributed by atoms with Crippen LogP contribution in [0.1, 0.15) is 46.3 Å². The number of thiophene rings is 1. The van der Waals surface area contributed by atoms with E-state index in [1.807, 2.05) is 0 Å². The molecule has 2 heterocycles. The zero-order valence-corrected chi connectivity index (χ0v) is 16.0. The first-order chi connectivity index (χ1) is 14.0. The van der Waals surface area contributed by atoms with Gasteiger partial charge in [-0.1, -0.05) is 23.3 Å². The SMILES string of the molecule is Cc1cc(C(=O)ON2C(=O)c3ccccc3C2=O)ccc1NC(=O)c1cccs1. The van der Waals surface area contributed by atoms with E-state index >= 15 is 0 Å². The number of hydrogen-bond acceptors (Lipinski definition) is 6. The Bertz CT molecular complexity index is 1120. The lowest BCUT2D eigenvalue weighted by atomic mass is 10.1. The van der Waals surface area contributed by atoms with Gasteiger partial charge in [0, 0.05) is 5.69 Å². The highest BCUT2D eigenvalue weighted by Crippen LogP contribution is 2.24. The minimum Gasteiger partial charge on any atom is -0.324 e. The Morgan fingerprint density at radius 1 is 0.966 bits per heavy atom. The second kappa shape index (κ2) is 7.33. The number of nitrogens with one attached hydrogen (secondary N) is 1. The number of rotatable bonds is 4. The van der Waals surface area contributed by atoms with Crippen molar-refractivity contribution in [2.75, 3.05) is 5.32 Å².